The van der Waals surface area contributed by atoms with Crippen LogP contribution in [0.25, 0.3) is 0 Å². The number of hydrogen-bond acceptors (Lipinski definition) is 4. The van der Waals surface area contributed by atoms with Crippen molar-refractivity contribution < 1.29 is 14.2 Å². The normalized spacial score (nSPS) is 24.8. The van der Waals surface area contributed by atoms with Crippen LogP contribution in [0.1, 0.15) is 33.1 Å². The third-order valence-electron chi connectivity index (χ3n) is 4.56. The Kier molecular flexibility index (Phi) is 9.46. The van der Waals surface area contributed by atoms with Crippen molar-refractivity contribution in [2.75, 3.05) is 65.8 Å². The van der Waals surface area contributed by atoms with E-state index < -0.39 is 0 Å². The molecule has 140 valence electrons. The molecule has 6 nitrogen and oxygen atoms in total. The molecule has 2 aliphatic rings. The highest BCUT2D eigenvalue weighted by Gasteiger charge is 2.24. The molecule has 6 heteroatoms. The van der Waals surface area contributed by atoms with Gasteiger partial charge in [-0.2, -0.15) is 0 Å². The molecule has 0 aromatic rings. The maximum Gasteiger partial charge on any atom is 0.193 e. The number of ether oxygens (including phenoxy) is 3. The van der Waals surface area contributed by atoms with Gasteiger partial charge in [0.2, 0.25) is 0 Å². The molecule has 0 bridgehead atoms. The predicted molar refractivity (Wildman–Crippen MR) is 96.5 cm³/mol. The van der Waals surface area contributed by atoms with Gasteiger partial charge in [0, 0.05) is 57.8 Å². The monoisotopic (exact) mass is 341 g/mol. The lowest BCUT2D eigenvalue weighted by Crippen LogP contribution is -2.40. The van der Waals surface area contributed by atoms with Crippen molar-refractivity contribution in [3.63, 3.8) is 0 Å². The van der Waals surface area contributed by atoms with Crippen LogP contribution in [-0.4, -0.2) is 76.7 Å². The molecule has 2 unspecified atom stereocenters. The van der Waals surface area contributed by atoms with E-state index in [1.807, 2.05) is 0 Å². The van der Waals surface area contributed by atoms with Gasteiger partial charge in [0.25, 0.3) is 0 Å². The van der Waals surface area contributed by atoms with Crippen molar-refractivity contribution >= 4 is 5.96 Å². The van der Waals surface area contributed by atoms with Crippen molar-refractivity contribution in [2.24, 2.45) is 16.8 Å². The Labute approximate surface area is 146 Å². The molecule has 0 aliphatic carbocycles. The SMILES string of the molecule is CCNC(=NCCCOCC1CCOC1)N1CCC(COCC)C1. The van der Waals surface area contributed by atoms with Crippen LogP contribution >= 0.6 is 0 Å². The van der Waals surface area contributed by atoms with Crippen LogP contribution < -0.4 is 5.32 Å². The lowest BCUT2D eigenvalue weighted by molar-refractivity contribution is 0.0893. The van der Waals surface area contributed by atoms with Crippen molar-refractivity contribution in [3.05, 3.63) is 0 Å². The molecule has 24 heavy (non-hydrogen) atoms. The van der Waals surface area contributed by atoms with Crippen LogP contribution in [0.3, 0.4) is 0 Å². The van der Waals surface area contributed by atoms with Gasteiger partial charge in [0.1, 0.15) is 0 Å². The zero-order valence-electron chi connectivity index (χ0n) is 15.5. The van der Waals surface area contributed by atoms with Crippen LogP contribution in [0, 0.1) is 11.8 Å². The molecule has 0 aromatic heterocycles. The van der Waals surface area contributed by atoms with Crippen molar-refractivity contribution in [1.29, 1.82) is 0 Å². The Morgan fingerprint density at radius 1 is 1.21 bits per heavy atom. The summed E-state index contributed by atoms with van der Waals surface area (Å²) in [6, 6.07) is 0. The second-order valence-electron chi connectivity index (χ2n) is 6.65. The van der Waals surface area contributed by atoms with Gasteiger partial charge >= 0.3 is 0 Å². The zero-order chi connectivity index (χ0) is 17.0. The summed E-state index contributed by atoms with van der Waals surface area (Å²) in [5.74, 6) is 2.27. The summed E-state index contributed by atoms with van der Waals surface area (Å²) in [6.45, 7) is 13.1. The third kappa shape index (κ3) is 6.95. The van der Waals surface area contributed by atoms with Crippen LogP contribution in [0.2, 0.25) is 0 Å². The fourth-order valence-corrected chi connectivity index (χ4v) is 3.19. The zero-order valence-corrected chi connectivity index (χ0v) is 15.5. The van der Waals surface area contributed by atoms with Crippen LogP contribution in [0.4, 0.5) is 0 Å². The molecule has 2 saturated heterocycles. The van der Waals surface area contributed by atoms with E-state index in [0.29, 0.717) is 11.8 Å². The molecule has 2 aliphatic heterocycles. The largest absolute Gasteiger partial charge is 0.381 e. The standard InChI is InChI=1S/C18H35N3O3/c1-3-19-18(21-9-6-16(12-21)13-22-4-2)20-8-5-10-23-14-17-7-11-24-15-17/h16-17H,3-15H2,1-2H3,(H,19,20). The average molecular weight is 341 g/mol. The highest BCUT2D eigenvalue weighted by atomic mass is 16.5. The lowest BCUT2D eigenvalue weighted by Gasteiger charge is -2.21. The number of nitrogens with zero attached hydrogens (tertiary/aromatic N) is 2. The van der Waals surface area contributed by atoms with Crippen molar-refractivity contribution in [1.82, 2.24) is 10.2 Å². The number of guanidine groups is 1. The lowest BCUT2D eigenvalue weighted by atomic mass is 10.1. The summed E-state index contributed by atoms with van der Waals surface area (Å²) in [5, 5.41) is 3.41. The number of likely N-dealkylation sites (tertiary alicyclic amines) is 1. The van der Waals surface area contributed by atoms with Gasteiger partial charge in [-0.3, -0.25) is 4.99 Å². The summed E-state index contributed by atoms with van der Waals surface area (Å²) in [6.07, 6.45) is 3.30. The minimum atomic E-state index is 0.595. The van der Waals surface area contributed by atoms with Gasteiger partial charge in [-0.05, 0) is 33.1 Å². The molecular weight excluding hydrogens is 306 g/mol. The van der Waals surface area contributed by atoms with Crippen LogP contribution in [-0.2, 0) is 14.2 Å². The molecule has 2 rings (SSSR count). The summed E-state index contributed by atoms with van der Waals surface area (Å²) >= 11 is 0. The first-order valence-corrected chi connectivity index (χ1v) is 9.60. The summed E-state index contributed by atoms with van der Waals surface area (Å²) in [7, 11) is 0. The Morgan fingerprint density at radius 2 is 2.08 bits per heavy atom. The second-order valence-corrected chi connectivity index (χ2v) is 6.65. The fraction of sp³-hybridized carbons (Fsp3) is 0.944. The number of nitrogens with one attached hydrogen (secondary N) is 1. The number of rotatable bonds is 10. The van der Waals surface area contributed by atoms with Gasteiger partial charge in [0.15, 0.2) is 5.96 Å². The molecule has 0 amide bonds. The van der Waals surface area contributed by atoms with Crippen LogP contribution in [0.15, 0.2) is 4.99 Å². The predicted octanol–water partition coefficient (Wildman–Crippen LogP) is 1.75. The first-order valence-electron chi connectivity index (χ1n) is 9.60. The highest BCUT2D eigenvalue weighted by Crippen LogP contribution is 2.16. The number of hydrogen-bond donors (Lipinski definition) is 1. The molecule has 2 fully saturated rings. The molecule has 0 spiro atoms. The Bertz CT molecular complexity index is 359. The molecule has 1 N–H and O–H groups in total. The van der Waals surface area contributed by atoms with E-state index in [1.54, 1.807) is 0 Å². The average Bonchev–Trinajstić information content (AvgIpc) is 3.26. The molecule has 0 saturated carbocycles. The molecule has 2 heterocycles. The van der Waals surface area contributed by atoms with E-state index in [9.17, 15) is 0 Å². The summed E-state index contributed by atoms with van der Waals surface area (Å²) < 4.78 is 16.7. The Morgan fingerprint density at radius 3 is 2.83 bits per heavy atom. The van der Waals surface area contributed by atoms with E-state index in [4.69, 9.17) is 19.2 Å². The molecular formula is C18H35N3O3. The van der Waals surface area contributed by atoms with E-state index >= 15 is 0 Å². The third-order valence-corrected chi connectivity index (χ3v) is 4.56. The fourth-order valence-electron chi connectivity index (χ4n) is 3.19. The first-order chi connectivity index (χ1) is 11.8. The molecule has 0 aromatic carbocycles. The Hall–Kier alpha value is -0.850. The van der Waals surface area contributed by atoms with Gasteiger partial charge in [0.05, 0.1) is 19.8 Å². The van der Waals surface area contributed by atoms with Crippen molar-refractivity contribution in [2.45, 2.75) is 33.1 Å². The second kappa shape index (κ2) is 11.7. The maximum absolute atomic E-state index is 5.75. The van der Waals surface area contributed by atoms with E-state index in [0.717, 1.165) is 84.6 Å². The van der Waals surface area contributed by atoms with Gasteiger partial charge in [-0.1, -0.05) is 0 Å². The maximum atomic E-state index is 5.75. The van der Waals surface area contributed by atoms with E-state index in [2.05, 4.69) is 24.1 Å². The topological polar surface area (TPSA) is 55.3 Å². The quantitative estimate of drug-likeness (QED) is 0.373. The summed E-state index contributed by atoms with van der Waals surface area (Å²) in [5.41, 5.74) is 0. The van der Waals surface area contributed by atoms with Gasteiger partial charge in [-0.25, -0.2) is 0 Å². The summed E-state index contributed by atoms with van der Waals surface area (Å²) in [4.78, 5) is 7.13. The van der Waals surface area contributed by atoms with E-state index in [1.165, 1.54) is 6.42 Å². The highest BCUT2D eigenvalue weighted by molar-refractivity contribution is 5.80. The minimum absolute atomic E-state index is 0.595. The van der Waals surface area contributed by atoms with Gasteiger partial charge < -0.3 is 24.4 Å². The molecule has 0 radical (unpaired) electrons. The Balaban J connectivity index is 1.63. The van der Waals surface area contributed by atoms with Crippen molar-refractivity contribution in [3.8, 4) is 0 Å². The van der Waals surface area contributed by atoms with E-state index in [-0.39, 0.29) is 0 Å². The minimum Gasteiger partial charge on any atom is -0.381 e. The van der Waals surface area contributed by atoms with Crippen LogP contribution in [0.5, 0.6) is 0 Å². The number of aliphatic imine (C=N–C) groups is 1. The smallest absolute Gasteiger partial charge is 0.193 e. The first kappa shape index (κ1) is 19.5. The van der Waals surface area contributed by atoms with Gasteiger partial charge in [-0.15, -0.1) is 0 Å². The molecule has 2 atom stereocenters.